The predicted octanol–water partition coefficient (Wildman–Crippen LogP) is 2.12. The number of hydrogen-bond donors (Lipinski definition) is 0. The second-order valence-corrected chi connectivity index (χ2v) is 4.08. The van der Waals surface area contributed by atoms with Crippen molar-refractivity contribution in [3.05, 3.63) is 24.2 Å². The lowest BCUT2D eigenvalue weighted by Crippen LogP contribution is -2.03. The maximum Gasteiger partial charge on any atom is 0.154 e. The van der Waals surface area contributed by atoms with Gasteiger partial charge in [0, 0.05) is 18.4 Å². The third-order valence-electron chi connectivity index (χ3n) is 3.22. The van der Waals surface area contributed by atoms with Crippen LogP contribution >= 0.6 is 0 Å². The van der Waals surface area contributed by atoms with Crippen molar-refractivity contribution in [2.45, 2.75) is 31.7 Å². The topological polar surface area (TPSA) is 46.0 Å². The van der Waals surface area contributed by atoms with Crippen molar-refractivity contribution >= 4 is 5.65 Å². The number of nitriles is 1. The third-order valence-corrected chi connectivity index (χ3v) is 3.22. The SMILES string of the molecule is N#Cc1cnn2ccn(C3CCCC3)c12. The molecule has 3 rings (SSSR count). The van der Waals surface area contributed by atoms with Gasteiger partial charge in [-0.3, -0.25) is 0 Å². The molecule has 0 bridgehead atoms. The molecule has 0 atom stereocenters. The van der Waals surface area contributed by atoms with Crippen molar-refractivity contribution in [3.63, 3.8) is 0 Å². The van der Waals surface area contributed by atoms with E-state index in [-0.39, 0.29) is 0 Å². The molecule has 0 spiro atoms. The third kappa shape index (κ3) is 1.16. The minimum atomic E-state index is 0.561. The maximum absolute atomic E-state index is 8.99. The molecule has 0 N–H and O–H groups in total. The van der Waals surface area contributed by atoms with Crippen molar-refractivity contribution in [3.8, 4) is 6.07 Å². The highest BCUT2D eigenvalue weighted by atomic mass is 15.3. The Labute approximate surface area is 87.7 Å². The first-order valence-corrected chi connectivity index (χ1v) is 5.34. The Bertz CT molecular complexity index is 522. The minimum absolute atomic E-state index is 0.561. The number of hydrogen-bond acceptors (Lipinski definition) is 2. The predicted molar refractivity (Wildman–Crippen MR) is 55.4 cm³/mol. The van der Waals surface area contributed by atoms with Crippen molar-refractivity contribution in [2.75, 3.05) is 0 Å². The molecule has 0 unspecified atom stereocenters. The van der Waals surface area contributed by atoms with Gasteiger partial charge in [-0.2, -0.15) is 10.4 Å². The summed E-state index contributed by atoms with van der Waals surface area (Å²) >= 11 is 0. The van der Waals surface area contributed by atoms with Crippen LogP contribution in [0.5, 0.6) is 0 Å². The van der Waals surface area contributed by atoms with Gasteiger partial charge in [0.1, 0.15) is 11.6 Å². The van der Waals surface area contributed by atoms with E-state index >= 15 is 0 Å². The summed E-state index contributed by atoms with van der Waals surface area (Å²) in [7, 11) is 0. The molecule has 15 heavy (non-hydrogen) atoms. The molecule has 76 valence electrons. The van der Waals surface area contributed by atoms with Gasteiger partial charge in [0.05, 0.1) is 6.20 Å². The van der Waals surface area contributed by atoms with Gasteiger partial charge in [-0.1, -0.05) is 12.8 Å². The fraction of sp³-hybridized carbons (Fsp3) is 0.455. The van der Waals surface area contributed by atoms with E-state index in [1.807, 2.05) is 12.4 Å². The summed E-state index contributed by atoms with van der Waals surface area (Å²) < 4.78 is 4.00. The Morgan fingerprint density at radius 1 is 1.33 bits per heavy atom. The van der Waals surface area contributed by atoms with Crippen molar-refractivity contribution in [1.29, 1.82) is 5.26 Å². The molecule has 0 saturated heterocycles. The van der Waals surface area contributed by atoms with Gasteiger partial charge in [0.2, 0.25) is 0 Å². The largest absolute Gasteiger partial charge is 0.327 e. The first-order valence-electron chi connectivity index (χ1n) is 5.34. The number of aromatic nitrogens is 3. The first-order chi connectivity index (χ1) is 7.40. The van der Waals surface area contributed by atoms with Crippen LogP contribution in [-0.2, 0) is 0 Å². The molecule has 4 heteroatoms. The molecule has 0 radical (unpaired) electrons. The Morgan fingerprint density at radius 2 is 2.13 bits per heavy atom. The highest BCUT2D eigenvalue weighted by Gasteiger charge is 2.20. The number of rotatable bonds is 1. The molecular formula is C11H12N4. The van der Waals surface area contributed by atoms with Gasteiger partial charge >= 0.3 is 0 Å². The van der Waals surface area contributed by atoms with Gasteiger partial charge in [0.25, 0.3) is 0 Å². The molecule has 1 saturated carbocycles. The van der Waals surface area contributed by atoms with Crippen LogP contribution < -0.4 is 0 Å². The number of fused-ring (bicyclic) bond motifs is 1. The molecule has 1 aliphatic rings. The van der Waals surface area contributed by atoms with E-state index in [4.69, 9.17) is 5.26 Å². The van der Waals surface area contributed by atoms with Crippen LogP contribution in [0.25, 0.3) is 5.65 Å². The molecule has 2 heterocycles. The molecule has 2 aromatic rings. The van der Waals surface area contributed by atoms with Crippen LogP contribution in [0.15, 0.2) is 18.6 Å². The smallest absolute Gasteiger partial charge is 0.154 e. The van der Waals surface area contributed by atoms with E-state index in [1.165, 1.54) is 25.7 Å². The van der Waals surface area contributed by atoms with Crippen LogP contribution in [0.4, 0.5) is 0 Å². The average molecular weight is 200 g/mol. The highest BCUT2D eigenvalue weighted by Crippen LogP contribution is 2.31. The number of nitrogens with zero attached hydrogens (tertiary/aromatic N) is 4. The van der Waals surface area contributed by atoms with Gasteiger partial charge in [-0.25, -0.2) is 4.52 Å². The van der Waals surface area contributed by atoms with Crippen LogP contribution in [0.3, 0.4) is 0 Å². The van der Waals surface area contributed by atoms with E-state index in [9.17, 15) is 0 Å². The molecule has 2 aromatic heterocycles. The average Bonchev–Trinajstić information content (AvgIpc) is 2.94. The lowest BCUT2D eigenvalue weighted by atomic mass is 10.2. The minimum Gasteiger partial charge on any atom is -0.327 e. The summed E-state index contributed by atoms with van der Waals surface area (Å²) in [5.41, 5.74) is 1.62. The van der Waals surface area contributed by atoms with Crippen molar-refractivity contribution in [1.82, 2.24) is 14.2 Å². The quantitative estimate of drug-likeness (QED) is 0.707. The molecule has 4 nitrogen and oxygen atoms in total. The second kappa shape index (κ2) is 3.13. The van der Waals surface area contributed by atoms with Crippen molar-refractivity contribution < 1.29 is 0 Å². The van der Waals surface area contributed by atoms with E-state index in [0.29, 0.717) is 11.6 Å². The van der Waals surface area contributed by atoms with Crippen LogP contribution in [0.2, 0.25) is 0 Å². The zero-order valence-electron chi connectivity index (χ0n) is 8.43. The summed E-state index contributed by atoms with van der Waals surface area (Å²) in [6.45, 7) is 0. The van der Waals surface area contributed by atoms with Gasteiger partial charge in [-0.05, 0) is 12.8 Å². The zero-order valence-corrected chi connectivity index (χ0v) is 8.43. The second-order valence-electron chi connectivity index (χ2n) is 4.08. The summed E-state index contributed by atoms with van der Waals surface area (Å²) in [5, 5.41) is 13.1. The normalized spacial score (nSPS) is 17.3. The fourth-order valence-electron chi connectivity index (χ4n) is 2.48. The lowest BCUT2D eigenvalue weighted by molar-refractivity contribution is 0.533. The van der Waals surface area contributed by atoms with Gasteiger partial charge < -0.3 is 4.57 Å². The first kappa shape index (κ1) is 8.54. The van der Waals surface area contributed by atoms with E-state index in [2.05, 4.69) is 15.7 Å². The molecule has 0 amide bonds. The molecule has 0 aliphatic heterocycles. The maximum atomic E-state index is 8.99. The fourth-order valence-corrected chi connectivity index (χ4v) is 2.48. The molecule has 0 aromatic carbocycles. The Balaban J connectivity index is 2.17. The van der Waals surface area contributed by atoms with Crippen LogP contribution in [0, 0.1) is 11.3 Å². The monoisotopic (exact) mass is 200 g/mol. The van der Waals surface area contributed by atoms with Crippen molar-refractivity contribution in [2.24, 2.45) is 0 Å². The van der Waals surface area contributed by atoms with E-state index < -0.39 is 0 Å². The van der Waals surface area contributed by atoms with Gasteiger partial charge in [-0.15, -0.1) is 0 Å². The van der Waals surface area contributed by atoms with Crippen LogP contribution in [0.1, 0.15) is 37.3 Å². The number of imidazole rings is 1. The summed E-state index contributed by atoms with van der Waals surface area (Å²) in [6.07, 6.45) is 10.6. The zero-order chi connectivity index (χ0) is 10.3. The Kier molecular flexibility index (Phi) is 1.78. The molecular weight excluding hydrogens is 188 g/mol. The summed E-state index contributed by atoms with van der Waals surface area (Å²) in [5.74, 6) is 0. The van der Waals surface area contributed by atoms with Crippen LogP contribution in [-0.4, -0.2) is 14.2 Å². The van der Waals surface area contributed by atoms with E-state index in [0.717, 1.165) is 5.65 Å². The van der Waals surface area contributed by atoms with E-state index in [1.54, 1.807) is 10.7 Å². The van der Waals surface area contributed by atoms with Gasteiger partial charge in [0.15, 0.2) is 5.65 Å². The Hall–Kier alpha value is -1.76. The molecule has 1 aliphatic carbocycles. The summed E-state index contributed by atoms with van der Waals surface area (Å²) in [6, 6.07) is 2.76. The standard InChI is InChI=1S/C11H12N4/c12-7-9-8-13-15-6-5-14(11(9)15)10-3-1-2-4-10/h5-6,8,10H,1-4H2. The highest BCUT2D eigenvalue weighted by molar-refractivity contribution is 5.55. The Morgan fingerprint density at radius 3 is 2.87 bits per heavy atom. The lowest BCUT2D eigenvalue weighted by Gasteiger charge is -2.11. The summed E-state index contributed by atoms with van der Waals surface area (Å²) in [4.78, 5) is 0. The molecule has 1 fully saturated rings.